The van der Waals surface area contributed by atoms with Crippen molar-refractivity contribution < 1.29 is 22.7 Å². The van der Waals surface area contributed by atoms with Gasteiger partial charge in [0.2, 0.25) is 0 Å². The molecule has 4 nitrogen and oxygen atoms in total. The van der Waals surface area contributed by atoms with E-state index in [1.165, 1.54) is 18.7 Å². The van der Waals surface area contributed by atoms with Crippen LogP contribution in [0, 0.1) is 0 Å². The maximum absolute atomic E-state index is 13.5. The van der Waals surface area contributed by atoms with Gasteiger partial charge < -0.3 is 9.64 Å². The van der Waals surface area contributed by atoms with E-state index in [2.05, 4.69) is 17.0 Å². The van der Waals surface area contributed by atoms with E-state index in [9.17, 15) is 18.0 Å². The molecule has 4 rings (SSSR count). The Morgan fingerprint density at radius 3 is 2.37 bits per heavy atom. The van der Waals surface area contributed by atoms with Gasteiger partial charge in [0, 0.05) is 42.8 Å². The Balaban J connectivity index is 1.61. The monoisotopic (exact) mass is 502 g/mol. The van der Waals surface area contributed by atoms with Crippen LogP contribution in [0.5, 0.6) is 5.75 Å². The molecule has 0 unspecified atom stereocenters. The maximum Gasteiger partial charge on any atom is 0.416 e. The number of hydrogen-bond donors (Lipinski definition) is 0. The van der Waals surface area contributed by atoms with Gasteiger partial charge in [-0.15, -0.1) is 0 Å². The Morgan fingerprint density at radius 2 is 1.71 bits per heavy atom. The lowest BCUT2D eigenvalue weighted by Gasteiger charge is -2.42. The molecule has 3 aromatic rings. The molecule has 8 heteroatoms. The summed E-state index contributed by atoms with van der Waals surface area (Å²) in [6, 6.07) is 20.4. The Hall–Kier alpha value is -3.03. The number of benzene rings is 3. The molecule has 1 aliphatic heterocycles. The highest BCUT2D eigenvalue weighted by molar-refractivity contribution is 6.30. The highest BCUT2D eigenvalue weighted by atomic mass is 35.5. The van der Waals surface area contributed by atoms with Gasteiger partial charge in [-0.05, 0) is 47.9 Å². The van der Waals surface area contributed by atoms with Crippen LogP contribution < -0.4 is 4.74 Å². The van der Waals surface area contributed by atoms with E-state index in [-0.39, 0.29) is 17.4 Å². The Kier molecular flexibility index (Phi) is 7.67. The van der Waals surface area contributed by atoms with Gasteiger partial charge in [-0.2, -0.15) is 13.2 Å². The lowest BCUT2D eigenvalue weighted by Crippen LogP contribution is -2.55. The van der Waals surface area contributed by atoms with Crippen LogP contribution in [0.15, 0.2) is 72.8 Å². The van der Waals surface area contributed by atoms with Crippen molar-refractivity contribution in [3.63, 3.8) is 0 Å². The predicted octanol–water partition coefficient (Wildman–Crippen LogP) is 5.94. The fourth-order valence-corrected chi connectivity index (χ4v) is 4.54. The summed E-state index contributed by atoms with van der Waals surface area (Å²) in [5.41, 5.74) is 1.23. The number of carbonyl (C=O) groups is 1. The second-order valence-electron chi connectivity index (χ2n) is 8.65. The number of hydrogen-bond acceptors (Lipinski definition) is 3. The number of halogens is 4. The van der Waals surface area contributed by atoms with E-state index >= 15 is 0 Å². The van der Waals surface area contributed by atoms with Gasteiger partial charge in [-0.3, -0.25) is 9.69 Å². The smallest absolute Gasteiger partial charge is 0.416 e. The van der Waals surface area contributed by atoms with Gasteiger partial charge in [0.05, 0.1) is 12.7 Å². The normalized spacial score (nSPS) is 16.8. The number of carbonyl (C=O) groups excluding carboxylic acids is 1. The molecule has 1 aliphatic rings. The van der Waals surface area contributed by atoms with Crippen molar-refractivity contribution in [2.24, 2.45) is 0 Å². The van der Waals surface area contributed by atoms with Crippen LogP contribution in [0.2, 0.25) is 5.02 Å². The molecule has 1 fully saturated rings. The second kappa shape index (κ2) is 10.7. The summed E-state index contributed by atoms with van der Waals surface area (Å²) in [5.74, 6) is -0.437. The molecule has 1 saturated heterocycles. The van der Waals surface area contributed by atoms with Gasteiger partial charge >= 0.3 is 6.18 Å². The molecule has 3 aromatic carbocycles. The summed E-state index contributed by atoms with van der Waals surface area (Å²) in [4.78, 5) is 17.5. The minimum Gasteiger partial charge on any atom is -0.497 e. The van der Waals surface area contributed by atoms with Gasteiger partial charge in [0.25, 0.3) is 5.91 Å². The minimum atomic E-state index is -4.58. The largest absolute Gasteiger partial charge is 0.497 e. The Labute approximate surface area is 207 Å². The zero-order valence-corrected chi connectivity index (χ0v) is 20.0. The van der Waals surface area contributed by atoms with Crippen molar-refractivity contribution in [2.45, 2.75) is 25.2 Å². The molecule has 1 atom stereocenters. The van der Waals surface area contributed by atoms with Crippen molar-refractivity contribution in [3.05, 3.63) is 100 Å². The fraction of sp³-hybridized carbons (Fsp3) is 0.296. The number of piperazine rings is 1. The maximum atomic E-state index is 13.5. The topological polar surface area (TPSA) is 32.8 Å². The van der Waals surface area contributed by atoms with E-state index < -0.39 is 17.6 Å². The summed E-state index contributed by atoms with van der Waals surface area (Å²) in [6.45, 7) is 2.35. The van der Waals surface area contributed by atoms with Crippen LogP contribution in [0.1, 0.15) is 27.0 Å². The van der Waals surface area contributed by atoms with E-state index in [1.54, 1.807) is 17.0 Å². The molecule has 0 radical (unpaired) electrons. The SMILES string of the molecule is COc1cc(C(=O)N2CCN(Cc3ccccc3)C[C@H]2Cc2ccc(Cl)cc2)cc(C(F)(F)F)c1. The van der Waals surface area contributed by atoms with Crippen molar-refractivity contribution in [1.82, 2.24) is 9.80 Å². The summed E-state index contributed by atoms with van der Waals surface area (Å²) < 4.78 is 45.4. The highest BCUT2D eigenvalue weighted by Gasteiger charge is 2.35. The molecular formula is C27H26ClF3N2O2. The predicted molar refractivity (Wildman–Crippen MR) is 130 cm³/mol. The Bertz CT molecular complexity index is 1150. The van der Waals surface area contributed by atoms with Crippen molar-refractivity contribution in [1.29, 1.82) is 0 Å². The van der Waals surface area contributed by atoms with Crippen molar-refractivity contribution in [2.75, 3.05) is 26.7 Å². The minimum absolute atomic E-state index is 0.000129. The number of nitrogens with zero attached hydrogens (tertiary/aromatic N) is 2. The third-order valence-electron chi connectivity index (χ3n) is 6.18. The zero-order valence-electron chi connectivity index (χ0n) is 19.3. The van der Waals surface area contributed by atoms with Crippen LogP contribution in [0.3, 0.4) is 0 Å². The summed E-state index contributed by atoms with van der Waals surface area (Å²) in [6.07, 6.45) is -4.02. The van der Waals surface area contributed by atoms with Crippen molar-refractivity contribution >= 4 is 17.5 Å². The molecule has 0 aromatic heterocycles. The molecule has 35 heavy (non-hydrogen) atoms. The second-order valence-corrected chi connectivity index (χ2v) is 9.09. The van der Waals surface area contributed by atoms with Gasteiger partial charge in [-0.1, -0.05) is 54.1 Å². The molecule has 0 saturated carbocycles. The van der Waals surface area contributed by atoms with E-state index in [4.69, 9.17) is 16.3 Å². The van der Waals surface area contributed by atoms with Crippen molar-refractivity contribution in [3.8, 4) is 5.75 Å². The summed E-state index contributed by atoms with van der Waals surface area (Å²) >= 11 is 6.03. The molecule has 1 heterocycles. The first-order valence-corrected chi connectivity index (χ1v) is 11.7. The summed E-state index contributed by atoms with van der Waals surface area (Å²) in [7, 11) is 1.29. The molecular weight excluding hydrogens is 477 g/mol. The lowest BCUT2D eigenvalue weighted by molar-refractivity contribution is -0.137. The first-order valence-electron chi connectivity index (χ1n) is 11.3. The number of ether oxygens (including phenoxy) is 1. The van der Waals surface area contributed by atoms with E-state index in [1.807, 2.05) is 30.3 Å². The number of rotatable bonds is 6. The first-order chi connectivity index (χ1) is 16.7. The third-order valence-corrected chi connectivity index (χ3v) is 6.43. The fourth-order valence-electron chi connectivity index (χ4n) is 4.41. The highest BCUT2D eigenvalue weighted by Crippen LogP contribution is 2.33. The van der Waals surface area contributed by atoms with Crippen LogP contribution in [-0.2, 0) is 19.1 Å². The van der Waals surface area contributed by atoms with Crippen LogP contribution in [0.4, 0.5) is 13.2 Å². The molecule has 1 amide bonds. The quantitative estimate of drug-likeness (QED) is 0.418. The van der Waals surface area contributed by atoms with Gasteiger partial charge in [0.1, 0.15) is 5.75 Å². The molecule has 0 bridgehead atoms. The number of methoxy groups -OCH3 is 1. The standard InChI is InChI=1S/C27H26ClF3N2O2/c1-35-25-15-21(14-22(16-25)27(29,30)31)26(34)33-12-11-32(17-20-5-3-2-4-6-20)18-24(33)13-19-7-9-23(28)10-8-19/h2-10,14-16,24H,11-13,17-18H2,1H3/t24-/m1/s1. The number of alkyl halides is 3. The zero-order chi connectivity index (χ0) is 25.0. The third kappa shape index (κ3) is 6.35. The molecule has 184 valence electrons. The van der Waals surface area contributed by atoms with E-state index in [0.29, 0.717) is 31.1 Å². The lowest BCUT2D eigenvalue weighted by atomic mass is 9.99. The molecule has 0 N–H and O–H groups in total. The average Bonchev–Trinajstić information content (AvgIpc) is 2.85. The van der Waals surface area contributed by atoms with Crippen LogP contribution >= 0.6 is 11.6 Å². The van der Waals surface area contributed by atoms with E-state index in [0.717, 1.165) is 24.2 Å². The van der Waals surface area contributed by atoms with Gasteiger partial charge in [0.15, 0.2) is 0 Å². The molecule has 0 spiro atoms. The first kappa shape index (κ1) is 25.1. The van der Waals surface area contributed by atoms with Gasteiger partial charge in [-0.25, -0.2) is 0 Å². The van der Waals surface area contributed by atoms with Crippen LogP contribution in [0.25, 0.3) is 0 Å². The van der Waals surface area contributed by atoms with Crippen LogP contribution in [-0.4, -0.2) is 48.5 Å². The average molecular weight is 503 g/mol. The Morgan fingerprint density at radius 1 is 1.00 bits per heavy atom. The molecule has 0 aliphatic carbocycles. The number of amides is 1. The summed E-state index contributed by atoms with van der Waals surface area (Å²) in [5, 5.41) is 0.618.